The van der Waals surface area contributed by atoms with Crippen molar-refractivity contribution >= 4 is 35.8 Å². The summed E-state index contributed by atoms with van der Waals surface area (Å²) >= 11 is 5.78. The summed E-state index contributed by atoms with van der Waals surface area (Å²) in [6.07, 6.45) is 2.29. The normalized spacial score (nSPS) is 11.6. The van der Waals surface area contributed by atoms with Crippen molar-refractivity contribution in [3.8, 4) is 16.3 Å². The van der Waals surface area contributed by atoms with E-state index < -0.39 is 5.97 Å². The summed E-state index contributed by atoms with van der Waals surface area (Å²) in [5.41, 5.74) is 1.93. The van der Waals surface area contributed by atoms with Crippen molar-refractivity contribution in [3.05, 3.63) is 71.7 Å². The first kappa shape index (κ1) is 20.1. The van der Waals surface area contributed by atoms with Crippen LogP contribution in [0.2, 0.25) is 0 Å². The molecule has 144 valence electrons. The first-order valence-corrected chi connectivity index (χ1v) is 10.3. The molecule has 0 bridgehead atoms. The molecule has 0 aliphatic heterocycles. The minimum absolute atomic E-state index is 0.195. The van der Waals surface area contributed by atoms with E-state index in [1.54, 1.807) is 24.4 Å². The van der Waals surface area contributed by atoms with Gasteiger partial charge in [-0.2, -0.15) is 12.6 Å². The molecule has 5 nitrogen and oxygen atoms in total. The minimum Gasteiger partial charge on any atom is -0.425 e. The average Bonchev–Trinajstić information content (AvgIpc) is 3.26. The van der Waals surface area contributed by atoms with E-state index in [0.717, 1.165) is 16.1 Å². The Morgan fingerprint density at radius 3 is 2.68 bits per heavy atom. The molecule has 1 heterocycles. The lowest BCUT2D eigenvalue weighted by Crippen LogP contribution is -2.37. The molecule has 0 fully saturated rings. The van der Waals surface area contributed by atoms with Crippen LogP contribution in [-0.2, 0) is 16.0 Å². The number of benzene rings is 2. The Kier molecular flexibility index (Phi) is 7.22. The van der Waals surface area contributed by atoms with Crippen LogP contribution in [0.5, 0.6) is 5.75 Å². The zero-order chi connectivity index (χ0) is 19.8. The Labute approximate surface area is 173 Å². The van der Waals surface area contributed by atoms with Crippen molar-refractivity contribution in [1.82, 2.24) is 10.3 Å². The fourth-order valence-electron chi connectivity index (χ4n) is 2.67. The van der Waals surface area contributed by atoms with Gasteiger partial charge >= 0.3 is 5.97 Å². The summed E-state index contributed by atoms with van der Waals surface area (Å²) in [5, 5.41) is 5.38. The molecule has 0 aliphatic carbocycles. The molecule has 1 aromatic heterocycles. The van der Waals surface area contributed by atoms with Gasteiger partial charge in [0.05, 0.1) is 5.92 Å². The highest BCUT2D eigenvalue weighted by Gasteiger charge is 2.18. The van der Waals surface area contributed by atoms with Gasteiger partial charge in [-0.1, -0.05) is 42.5 Å². The summed E-state index contributed by atoms with van der Waals surface area (Å²) in [6.45, 7) is -0.195. The molecule has 0 radical (unpaired) electrons. The second kappa shape index (κ2) is 10.1. The monoisotopic (exact) mass is 412 g/mol. The summed E-state index contributed by atoms with van der Waals surface area (Å²) in [5.74, 6) is -0.241. The number of thiol groups is 1. The highest BCUT2D eigenvalue weighted by molar-refractivity contribution is 7.80. The lowest BCUT2D eigenvalue weighted by atomic mass is 10.0. The Morgan fingerprint density at radius 2 is 1.96 bits per heavy atom. The van der Waals surface area contributed by atoms with Crippen LogP contribution in [0, 0.1) is 5.92 Å². The molecule has 3 aromatic rings. The summed E-state index contributed by atoms with van der Waals surface area (Å²) in [6, 6.07) is 16.9. The maximum Gasteiger partial charge on any atom is 0.330 e. The first-order chi connectivity index (χ1) is 13.7. The summed E-state index contributed by atoms with van der Waals surface area (Å²) in [4.78, 5) is 28.7. The Balaban J connectivity index is 1.52. The van der Waals surface area contributed by atoms with E-state index in [9.17, 15) is 9.59 Å². The van der Waals surface area contributed by atoms with Gasteiger partial charge in [0, 0.05) is 22.9 Å². The van der Waals surface area contributed by atoms with Gasteiger partial charge < -0.3 is 10.1 Å². The van der Waals surface area contributed by atoms with Gasteiger partial charge in [0.2, 0.25) is 5.91 Å². The number of ether oxygens (including phenoxy) is 1. The van der Waals surface area contributed by atoms with Crippen LogP contribution in [0.4, 0.5) is 0 Å². The predicted molar refractivity (Wildman–Crippen MR) is 114 cm³/mol. The van der Waals surface area contributed by atoms with Crippen LogP contribution < -0.4 is 10.1 Å². The molecule has 0 unspecified atom stereocenters. The molecule has 0 spiro atoms. The number of nitrogens with one attached hydrogen (secondary N) is 1. The van der Waals surface area contributed by atoms with Gasteiger partial charge in [-0.15, -0.1) is 11.3 Å². The molecule has 28 heavy (non-hydrogen) atoms. The minimum atomic E-state index is -0.526. The van der Waals surface area contributed by atoms with E-state index in [0.29, 0.717) is 17.9 Å². The van der Waals surface area contributed by atoms with E-state index in [1.807, 2.05) is 41.8 Å². The van der Waals surface area contributed by atoms with Crippen molar-refractivity contribution in [2.75, 3.05) is 12.3 Å². The molecule has 0 saturated carbocycles. The quantitative estimate of drug-likeness (QED) is 0.337. The molecule has 7 heteroatoms. The number of thiazole rings is 1. The average molecular weight is 413 g/mol. The topological polar surface area (TPSA) is 68.3 Å². The van der Waals surface area contributed by atoms with Gasteiger partial charge in [-0.25, -0.2) is 9.78 Å². The molecule has 1 N–H and O–H groups in total. The molecule has 1 amide bonds. The van der Waals surface area contributed by atoms with Crippen LogP contribution in [0.25, 0.3) is 10.6 Å². The van der Waals surface area contributed by atoms with Crippen molar-refractivity contribution in [3.63, 3.8) is 0 Å². The second-order valence-corrected chi connectivity index (χ2v) is 7.39. The van der Waals surface area contributed by atoms with E-state index in [2.05, 4.69) is 22.9 Å². The molecular weight excluding hydrogens is 392 g/mol. The smallest absolute Gasteiger partial charge is 0.330 e. The zero-order valence-electron chi connectivity index (χ0n) is 15.1. The van der Waals surface area contributed by atoms with Crippen LogP contribution in [0.3, 0.4) is 0 Å². The van der Waals surface area contributed by atoms with Crippen molar-refractivity contribution in [1.29, 1.82) is 0 Å². The fourth-order valence-corrected chi connectivity index (χ4v) is 3.60. The Morgan fingerprint density at radius 1 is 1.14 bits per heavy atom. The maximum atomic E-state index is 12.4. The maximum absolute atomic E-state index is 12.4. The fraction of sp³-hybridized carbons (Fsp3) is 0.190. The van der Waals surface area contributed by atoms with Crippen molar-refractivity contribution in [2.45, 2.75) is 6.42 Å². The third kappa shape index (κ3) is 5.68. The third-order valence-corrected chi connectivity index (χ3v) is 5.33. The van der Waals surface area contributed by atoms with E-state index >= 15 is 0 Å². The molecular formula is C21H20N2O3S2. The van der Waals surface area contributed by atoms with Crippen LogP contribution in [0.15, 0.2) is 66.2 Å². The number of carbonyl (C=O) groups excluding carboxylic acids is 2. The largest absolute Gasteiger partial charge is 0.425 e. The molecule has 1 atom stereocenters. The number of aromatic nitrogens is 1. The van der Waals surface area contributed by atoms with Crippen LogP contribution in [0.1, 0.15) is 5.56 Å². The number of nitrogens with zero attached hydrogens (tertiary/aromatic N) is 1. The third-order valence-electron chi connectivity index (χ3n) is 4.07. The van der Waals surface area contributed by atoms with E-state index in [1.165, 1.54) is 11.3 Å². The van der Waals surface area contributed by atoms with Crippen molar-refractivity contribution in [2.24, 2.45) is 5.92 Å². The van der Waals surface area contributed by atoms with Gasteiger partial charge in [0.15, 0.2) is 0 Å². The highest BCUT2D eigenvalue weighted by Crippen LogP contribution is 2.25. The van der Waals surface area contributed by atoms with Crippen LogP contribution >= 0.6 is 24.0 Å². The van der Waals surface area contributed by atoms with E-state index in [4.69, 9.17) is 4.74 Å². The van der Waals surface area contributed by atoms with Crippen molar-refractivity contribution < 1.29 is 14.3 Å². The number of hydrogen-bond donors (Lipinski definition) is 2. The van der Waals surface area contributed by atoms with Crippen LogP contribution in [-0.4, -0.2) is 29.2 Å². The summed E-state index contributed by atoms with van der Waals surface area (Å²) < 4.78 is 5.34. The van der Waals surface area contributed by atoms with Gasteiger partial charge in [-0.05, 0) is 24.1 Å². The Hall–Kier alpha value is -2.64. The van der Waals surface area contributed by atoms with Gasteiger partial charge in [-0.3, -0.25) is 4.79 Å². The van der Waals surface area contributed by atoms with Gasteiger partial charge in [0.25, 0.3) is 0 Å². The molecule has 3 rings (SSSR count). The predicted octanol–water partition coefficient (Wildman–Crippen LogP) is 3.62. The first-order valence-electron chi connectivity index (χ1n) is 8.79. The Bertz CT molecular complexity index is 914. The molecule has 0 aliphatic rings. The molecule has 2 aromatic carbocycles. The zero-order valence-corrected chi connectivity index (χ0v) is 16.8. The standard InChI is InChI=1S/C21H20N2O3S2/c24-19(26-18-8-4-7-16(12-18)21-22-9-10-28-21)13-23-20(25)17(14-27)11-15-5-2-1-3-6-15/h1-10,12,17,27H,11,13-14H2,(H,23,25)/t17-/m1/s1. The van der Waals surface area contributed by atoms with Gasteiger partial charge in [0.1, 0.15) is 17.3 Å². The lowest BCUT2D eigenvalue weighted by molar-refractivity contribution is -0.136. The van der Waals surface area contributed by atoms with E-state index in [-0.39, 0.29) is 18.4 Å². The number of carbonyl (C=O) groups is 2. The second-order valence-electron chi connectivity index (χ2n) is 6.13. The summed E-state index contributed by atoms with van der Waals surface area (Å²) in [7, 11) is 0. The molecule has 0 saturated heterocycles. The highest BCUT2D eigenvalue weighted by atomic mass is 32.1. The number of esters is 1. The lowest BCUT2D eigenvalue weighted by Gasteiger charge is -2.14. The number of amides is 1. The SMILES string of the molecule is O=C(CNC(=O)[C@@H](CS)Cc1ccccc1)Oc1cccc(-c2nccs2)c1. The number of hydrogen-bond acceptors (Lipinski definition) is 6. The number of rotatable bonds is 8.